The molecule has 0 bridgehead atoms. The summed E-state index contributed by atoms with van der Waals surface area (Å²) in [4.78, 5) is 60.3. The molecule has 1 fully saturated rings. The summed E-state index contributed by atoms with van der Waals surface area (Å²) in [5.41, 5.74) is 2.74. The fourth-order valence-electron chi connectivity index (χ4n) is 6.68. The molecule has 0 unspecified atom stereocenters. The van der Waals surface area contributed by atoms with E-state index in [1.54, 1.807) is 77.6 Å². The van der Waals surface area contributed by atoms with Crippen LogP contribution in [0.2, 0.25) is 0 Å². The van der Waals surface area contributed by atoms with Crippen LogP contribution in [0.1, 0.15) is 81.7 Å². The Morgan fingerprint density at radius 2 is 1.80 bits per heavy atom. The number of anilines is 3. The van der Waals surface area contributed by atoms with Crippen molar-refractivity contribution in [1.82, 2.24) is 14.5 Å². The first-order valence-electron chi connectivity index (χ1n) is 16.7. The third-order valence-corrected chi connectivity index (χ3v) is 9.50. The van der Waals surface area contributed by atoms with E-state index in [9.17, 15) is 28.0 Å². The summed E-state index contributed by atoms with van der Waals surface area (Å²) in [6.45, 7) is 5.64. The number of carbonyl (C=O) groups excluding carboxylic acids is 3. The highest BCUT2D eigenvalue weighted by molar-refractivity contribution is 6.11. The molecule has 1 N–H and O–H groups in total. The second-order valence-corrected chi connectivity index (χ2v) is 12.8. The first-order valence-corrected chi connectivity index (χ1v) is 16.7. The van der Waals surface area contributed by atoms with Crippen molar-refractivity contribution in [3.63, 3.8) is 0 Å². The number of fused-ring (bicyclic) bond motifs is 1. The highest BCUT2D eigenvalue weighted by atomic mass is 19.3. The lowest BCUT2D eigenvalue weighted by Crippen LogP contribution is -2.38. The molecular weight excluding hydrogens is 628 g/mol. The molecule has 9 nitrogen and oxygen atoms in total. The number of aromatic nitrogens is 2. The summed E-state index contributed by atoms with van der Waals surface area (Å²) < 4.78 is 28.9. The normalized spacial score (nSPS) is 14.8. The average molecular weight is 668 g/mol. The Balaban J connectivity index is 1.27. The van der Waals surface area contributed by atoms with Crippen molar-refractivity contribution in [2.45, 2.75) is 57.8 Å². The summed E-state index contributed by atoms with van der Waals surface area (Å²) in [6.07, 6.45) is 4.38. The van der Waals surface area contributed by atoms with Crippen molar-refractivity contribution in [2.75, 3.05) is 29.9 Å². The summed E-state index contributed by atoms with van der Waals surface area (Å²) >= 11 is 0. The van der Waals surface area contributed by atoms with E-state index in [0.29, 0.717) is 78.0 Å². The number of benzene rings is 2. The lowest BCUT2D eigenvalue weighted by atomic mass is 9.89. The average Bonchev–Trinajstić information content (AvgIpc) is 3.92. The predicted octanol–water partition coefficient (Wildman–Crippen LogP) is 6.77. The molecular formula is C38H39F2N5O4. The number of rotatable bonds is 12. The van der Waals surface area contributed by atoms with E-state index in [2.05, 4.69) is 10.3 Å². The second-order valence-electron chi connectivity index (χ2n) is 12.8. The third-order valence-electron chi connectivity index (χ3n) is 9.50. The molecule has 2 amide bonds. The number of aryl methyl sites for hydroxylation is 1. The minimum Gasteiger partial charge on any atom is -0.339 e. The second kappa shape index (κ2) is 13.7. The fraction of sp³-hybridized carbons (Fsp3) is 0.342. The maximum Gasteiger partial charge on any atom is 0.274 e. The largest absolute Gasteiger partial charge is 0.339 e. The van der Waals surface area contributed by atoms with Crippen LogP contribution in [0.25, 0.3) is 11.1 Å². The molecule has 0 saturated heterocycles. The molecule has 1 aliphatic heterocycles. The zero-order valence-corrected chi connectivity index (χ0v) is 27.8. The molecule has 11 heteroatoms. The van der Waals surface area contributed by atoms with Crippen molar-refractivity contribution >= 4 is 35.3 Å². The fourth-order valence-corrected chi connectivity index (χ4v) is 6.68. The van der Waals surface area contributed by atoms with Gasteiger partial charge in [0.2, 0.25) is 6.43 Å². The Morgan fingerprint density at radius 1 is 1.04 bits per heavy atom. The van der Waals surface area contributed by atoms with Gasteiger partial charge in [-0.05, 0) is 79.1 Å². The molecule has 2 aromatic heterocycles. The number of alkyl halides is 2. The van der Waals surface area contributed by atoms with Gasteiger partial charge in [0.25, 0.3) is 17.4 Å². The van der Waals surface area contributed by atoms with E-state index in [4.69, 9.17) is 0 Å². The zero-order chi connectivity index (χ0) is 34.9. The molecule has 2 aromatic carbocycles. The van der Waals surface area contributed by atoms with Crippen molar-refractivity contribution in [3.8, 4) is 11.1 Å². The Kier molecular flexibility index (Phi) is 9.45. The van der Waals surface area contributed by atoms with Gasteiger partial charge in [-0.3, -0.25) is 19.2 Å². The van der Waals surface area contributed by atoms with E-state index in [0.717, 1.165) is 18.4 Å². The molecule has 0 radical (unpaired) electrons. The highest BCUT2D eigenvalue weighted by Crippen LogP contribution is 2.53. The number of nitrogens with one attached hydrogen (secondary N) is 1. The molecule has 0 atom stereocenters. The summed E-state index contributed by atoms with van der Waals surface area (Å²) in [5, 5.41) is 3.06. The first-order chi connectivity index (χ1) is 23.6. The number of hydrogen-bond donors (Lipinski definition) is 1. The van der Waals surface area contributed by atoms with Crippen LogP contribution < -0.4 is 15.8 Å². The van der Waals surface area contributed by atoms with Gasteiger partial charge in [-0.1, -0.05) is 38.1 Å². The molecule has 49 heavy (non-hydrogen) atoms. The predicted molar refractivity (Wildman–Crippen MR) is 185 cm³/mol. The van der Waals surface area contributed by atoms with Crippen molar-refractivity contribution in [3.05, 3.63) is 105 Å². The van der Waals surface area contributed by atoms with E-state index in [1.165, 1.54) is 10.8 Å². The zero-order valence-electron chi connectivity index (χ0n) is 27.8. The number of hydrogen-bond acceptors (Lipinski definition) is 6. The Hall–Kier alpha value is -5.19. The SMILES string of the molecule is CCCN(CCC)C(=O)c1ccc(Nc2cc(-c3cccc(N4CCc5cc(C6(C(F)F)CC6)ccc5C4=O)c3C=O)cn(C)c2=O)nc1. The molecule has 1 saturated carbocycles. The van der Waals surface area contributed by atoms with Gasteiger partial charge in [0.05, 0.1) is 16.7 Å². The number of carbonyl (C=O) groups is 3. The Labute approximate surface area is 283 Å². The van der Waals surface area contributed by atoms with Crippen molar-refractivity contribution < 1.29 is 23.2 Å². The molecule has 6 rings (SSSR count). The monoisotopic (exact) mass is 667 g/mol. The topological polar surface area (TPSA) is 105 Å². The van der Waals surface area contributed by atoms with E-state index < -0.39 is 11.8 Å². The van der Waals surface area contributed by atoms with Crippen LogP contribution in [0.4, 0.5) is 26.0 Å². The van der Waals surface area contributed by atoms with Crippen LogP contribution in [0.15, 0.2) is 71.8 Å². The molecule has 254 valence electrons. The van der Waals surface area contributed by atoms with E-state index in [-0.39, 0.29) is 35.2 Å². The minimum absolute atomic E-state index is 0.0965. The first kappa shape index (κ1) is 33.7. The molecule has 0 spiro atoms. The van der Waals surface area contributed by atoms with Crippen LogP contribution in [-0.4, -0.2) is 58.6 Å². The molecule has 3 heterocycles. The number of amides is 2. The van der Waals surface area contributed by atoms with Gasteiger partial charge in [0, 0.05) is 55.8 Å². The van der Waals surface area contributed by atoms with Crippen molar-refractivity contribution in [1.29, 1.82) is 0 Å². The third kappa shape index (κ3) is 6.37. The Bertz CT molecular complexity index is 1960. The standard InChI is InChI=1S/C38H39F2N5O4/c1-4-16-44(17-5-2)34(47)25-9-12-33(41-21-25)42-31-20-26(22-43(3)36(31)49)28-7-6-8-32(30(28)23-46)45-18-13-24-19-27(10-11-29(24)35(45)48)38(14-15-38)37(39)40/h6-12,19-23,37H,4-5,13-18H2,1-3H3,(H,41,42). The number of nitrogens with zero attached hydrogens (tertiary/aromatic N) is 4. The summed E-state index contributed by atoms with van der Waals surface area (Å²) in [5.74, 6) is -0.0337. The van der Waals surface area contributed by atoms with E-state index in [1.807, 2.05) is 13.8 Å². The molecule has 2 aliphatic rings. The van der Waals surface area contributed by atoms with Crippen LogP contribution >= 0.6 is 0 Å². The van der Waals surface area contributed by atoms with E-state index >= 15 is 0 Å². The van der Waals surface area contributed by atoms with Crippen LogP contribution in [-0.2, 0) is 18.9 Å². The lowest BCUT2D eigenvalue weighted by molar-refractivity contribution is 0.0754. The van der Waals surface area contributed by atoms with Gasteiger partial charge in [-0.2, -0.15) is 0 Å². The summed E-state index contributed by atoms with van der Waals surface area (Å²) in [6, 6.07) is 15.2. The van der Waals surface area contributed by atoms with Gasteiger partial charge < -0.3 is 19.7 Å². The minimum atomic E-state index is -2.45. The maximum absolute atomic E-state index is 13.8. The Morgan fingerprint density at radius 3 is 2.43 bits per heavy atom. The summed E-state index contributed by atoms with van der Waals surface area (Å²) in [7, 11) is 1.60. The highest BCUT2D eigenvalue weighted by Gasteiger charge is 2.52. The van der Waals surface area contributed by atoms with Gasteiger partial charge in [0.1, 0.15) is 11.5 Å². The van der Waals surface area contributed by atoms with Crippen LogP contribution in [0, 0.1) is 0 Å². The number of aldehydes is 1. The van der Waals surface area contributed by atoms with Crippen LogP contribution in [0.5, 0.6) is 0 Å². The quantitative estimate of drug-likeness (QED) is 0.167. The number of pyridine rings is 2. The smallest absolute Gasteiger partial charge is 0.274 e. The molecule has 4 aromatic rings. The lowest BCUT2D eigenvalue weighted by Gasteiger charge is -2.31. The van der Waals surface area contributed by atoms with Gasteiger partial charge in [-0.25, -0.2) is 13.8 Å². The van der Waals surface area contributed by atoms with Crippen LogP contribution in [0.3, 0.4) is 0 Å². The van der Waals surface area contributed by atoms with Gasteiger partial charge >= 0.3 is 0 Å². The maximum atomic E-state index is 13.8. The molecule has 1 aliphatic carbocycles. The number of halogens is 2. The van der Waals surface area contributed by atoms with Gasteiger partial charge in [0.15, 0.2) is 6.29 Å². The van der Waals surface area contributed by atoms with Gasteiger partial charge in [-0.15, -0.1) is 0 Å². The van der Waals surface area contributed by atoms with Crippen molar-refractivity contribution in [2.24, 2.45) is 7.05 Å².